The number of nitrogens with zero attached hydrogens (tertiary/aromatic N) is 3. The van der Waals surface area contributed by atoms with E-state index in [9.17, 15) is 28.1 Å². The topological polar surface area (TPSA) is 130 Å². The van der Waals surface area contributed by atoms with Crippen LogP contribution in [0.15, 0.2) is 42.5 Å². The largest absolute Gasteiger partial charge is 0.352 e. The Bertz CT molecular complexity index is 1220. The molecule has 2 amide bonds. The molecule has 0 aliphatic heterocycles. The van der Waals surface area contributed by atoms with Gasteiger partial charge in [-0.15, -0.1) is 0 Å². The number of rotatable bonds is 10. The van der Waals surface area contributed by atoms with Gasteiger partial charge in [0.05, 0.1) is 16.9 Å². The lowest BCUT2D eigenvalue weighted by atomic mass is 10.1. The monoisotopic (exact) mass is 544 g/mol. The van der Waals surface area contributed by atoms with Crippen molar-refractivity contribution in [2.45, 2.75) is 39.4 Å². The fourth-order valence-corrected chi connectivity index (χ4v) is 4.51. The van der Waals surface area contributed by atoms with Gasteiger partial charge < -0.3 is 10.2 Å². The maximum Gasteiger partial charge on any atom is 0.271 e. The van der Waals surface area contributed by atoms with E-state index in [2.05, 4.69) is 5.32 Å². The van der Waals surface area contributed by atoms with Crippen LogP contribution in [0.5, 0.6) is 0 Å². The summed E-state index contributed by atoms with van der Waals surface area (Å²) < 4.78 is 25.8. The van der Waals surface area contributed by atoms with Crippen molar-refractivity contribution in [2.24, 2.45) is 0 Å². The number of carbonyl (C=O) groups is 2. The average molecular weight is 545 g/mol. The van der Waals surface area contributed by atoms with Crippen molar-refractivity contribution in [3.8, 4) is 0 Å². The zero-order valence-corrected chi connectivity index (χ0v) is 21.9. The molecule has 2 aromatic carbocycles. The number of nitro benzene ring substituents is 1. The van der Waals surface area contributed by atoms with E-state index in [1.807, 2.05) is 0 Å². The zero-order chi connectivity index (χ0) is 26.5. The first-order valence-electron chi connectivity index (χ1n) is 10.5. The van der Waals surface area contributed by atoms with Crippen LogP contribution < -0.4 is 9.62 Å². The number of benzene rings is 2. The van der Waals surface area contributed by atoms with Crippen LogP contribution in [0.1, 0.15) is 26.3 Å². The standard InChI is InChI=1S/C22H26Cl2N4O6S/c1-14(2)25-22(30)15(3)26(12-16-8-9-17(23)10-20(16)24)21(29)13-27(35(4,33)34)18-6-5-7-19(11-18)28(31)32/h5-11,14-15H,12-13H2,1-4H3,(H,25,30). The maximum absolute atomic E-state index is 13.4. The molecule has 0 radical (unpaired) electrons. The van der Waals surface area contributed by atoms with Crippen molar-refractivity contribution in [1.82, 2.24) is 10.2 Å². The Morgan fingerprint density at radius 1 is 1.11 bits per heavy atom. The van der Waals surface area contributed by atoms with E-state index in [4.69, 9.17) is 23.2 Å². The third-order valence-electron chi connectivity index (χ3n) is 4.96. The summed E-state index contributed by atoms with van der Waals surface area (Å²) in [6, 6.07) is 8.43. The Morgan fingerprint density at radius 2 is 1.77 bits per heavy atom. The molecule has 190 valence electrons. The van der Waals surface area contributed by atoms with E-state index in [-0.39, 0.29) is 29.0 Å². The normalized spacial score (nSPS) is 12.2. The molecule has 0 fully saturated rings. The van der Waals surface area contributed by atoms with Crippen molar-refractivity contribution in [3.63, 3.8) is 0 Å². The third-order valence-corrected chi connectivity index (χ3v) is 6.69. The van der Waals surface area contributed by atoms with Gasteiger partial charge in [0.25, 0.3) is 5.69 Å². The lowest BCUT2D eigenvalue weighted by Crippen LogP contribution is -2.52. The molecule has 0 heterocycles. The SMILES string of the molecule is CC(C)NC(=O)C(C)N(Cc1ccc(Cl)cc1Cl)C(=O)CN(c1cccc([N+](=O)[O-])c1)S(C)(=O)=O. The summed E-state index contributed by atoms with van der Waals surface area (Å²) in [5.41, 5.74) is 0.103. The molecule has 1 unspecified atom stereocenters. The molecule has 10 nitrogen and oxygen atoms in total. The minimum Gasteiger partial charge on any atom is -0.352 e. The highest BCUT2D eigenvalue weighted by molar-refractivity contribution is 7.92. The third kappa shape index (κ3) is 7.81. The van der Waals surface area contributed by atoms with Gasteiger partial charge in [-0.2, -0.15) is 0 Å². The Balaban J connectivity index is 2.46. The van der Waals surface area contributed by atoms with Crippen molar-refractivity contribution < 1.29 is 22.9 Å². The fraction of sp³-hybridized carbons (Fsp3) is 0.364. The van der Waals surface area contributed by atoms with Crippen molar-refractivity contribution in [2.75, 3.05) is 17.1 Å². The minimum absolute atomic E-state index is 0.0567. The van der Waals surface area contributed by atoms with Gasteiger partial charge in [0.1, 0.15) is 12.6 Å². The van der Waals surface area contributed by atoms with E-state index < -0.39 is 39.3 Å². The Kier molecular flexibility index (Phi) is 9.47. The maximum atomic E-state index is 13.4. The Hall–Kier alpha value is -2.89. The molecule has 0 saturated heterocycles. The summed E-state index contributed by atoms with van der Waals surface area (Å²) in [6.45, 7) is 4.25. The molecule has 0 bridgehead atoms. The molecule has 13 heteroatoms. The first-order chi connectivity index (χ1) is 16.2. The minimum atomic E-state index is -4.02. The summed E-state index contributed by atoms with van der Waals surface area (Å²) in [4.78, 5) is 37.9. The lowest BCUT2D eigenvalue weighted by molar-refractivity contribution is -0.384. The predicted molar refractivity (Wildman–Crippen MR) is 135 cm³/mol. The van der Waals surface area contributed by atoms with Crippen LogP contribution in [0, 0.1) is 10.1 Å². The number of nitrogens with one attached hydrogen (secondary N) is 1. The van der Waals surface area contributed by atoms with E-state index in [0.29, 0.717) is 10.6 Å². The molecule has 0 aliphatic carbocycles. The summed E-state index contributed by atoms with van der Waals surface area (Å²) >= 11 is 12.2. The number of non-ortho nitro benzene ring substituents is 1. The van der Waals surface area contributed by atoms with Gasteiger partial charge in [-0.25, -0.2) is 8.42 Å². The van der Waals surface area contributed by atoms with Crippen LogP contribution >= 0.6 is 23.2 Å². The van der Waals surface area contributed by atoms with Gasteiger partial charge >= 0.3 is 0 Å². The lowest BCUT2D eigenvalue weighted by Gasteiger charge is -2.32. The molecule has 1 atom stereocenters. The molecular weight excluding hydrogens is 519 g/mol. The number of hydrogen-bond donors (Lipinski definition) is 1. The summed E-state index contributed by atoms with van der Waals surface area (Å²) in [5, 5.41) is 14.5. The zero-order valence-electron chi connectivity index (χ0n) is 19.6. The van der Waals surface area contributed by atoms with Crippen LogP contribution in [0.4, 0.5) is 11.4 Å². The van der Waals surface area contributed by atoms with E-state index in [1.54, 1.807) is 26.0 Å². The molecule has 0 aromatic heterocycles. The van der Waals surface area contributed by atoms with Gasteiger partial charge in [-0.3, -0.25) is 24.0 Å². The molecular formula is C22H26Cl2N4O6S. The van der Waals surface area contributed by atoms with Gasteiger partial charge in [-0.1, -0.05) is 35.3 Å². The average Bonchev–Trinajstić information content (AvgIpc) is 2.75. The smallest absolute Gasteiger partial charge is 0.271 e. The predicted octanol–water partition coefficient (Wildman–Crippen LogP) is 3.61. The van der Waals surface area contributed by atoms with Crippen LogP contribution in [0.3, 0.4) is 0 Å². The van der Waals surface area contributed by atoms with Crippen LogP contribution in [-0.4, -0.2) is 54.9 Å². The van der Waals surface area contributed by atoms with Gasteiger partial charge in [0.15, 0.2) is 0 Å². The number of carbonyl (C=O) groups excluding carboxylic acids is 2. The molecule has 35 heavy (non-hydrogen) atoms. The van der Waals surface area contributed by atoms with Crippen molar-refractivity contribution in [1.29, 1.82) is 0 Å². The second-order valence-electron chi connectivity index (χ2n) is 8.14. The van der Waals surface area contributed by atoms with Crippen LogP contribution in [-0.2, 0) is 26.2 Å². The number of nitro groups is 1. The van der Waals surface area contributed by atoms with E-state index in [1.165, 1.54) is 36.1 Å². The molecule has 0 spiro atoms. The van der Waals surface area contributed by atoms with Gasteiger partial charge in [-0.05, 0) is 44.5 Å². The van der Waals surface area contributed by atoms with Crippen LogP contribution in [0.2, 0.25) is 10.0 Å². The first-order valence-corrected chi connectivity index (χ1v) is 13.1. The van der Waals surface area contributed by atoms with Crippen LogP contribution in [0.25, 0.3) is 0 Å². The molecule has 2 aromatic rings. The molecule has 0 aliphatic rings. The van der Waals surface area contributed by atoms with Crippen molar-refractivity contribution >= 4 is 56.4 Å². The highest BCUT2D eigenvalue weighted by atomic mass is 35.5. The van der Waals surface area contributed by atoms with E-state index >= 15 is 0 Å². The quantitative estimate of drug-likeness (QED) is 0.359. The van der Waals surface area contributed by atoms with Gasteiger partial charge in [0.2, 0.25) is 21.8 Å². The van der Waals surface area contributed by atoms with Crippen molar-refractivity contribution in [3.05, 3.63) is 68.2 Å². The first kappa shape index (κ1) is 28.3. The highest BCUT2D eigenvalue weighted by Gasteiger charge is 2.31. The number of anilines is 1. The summed E-state index contributed by atoms with van der Waals surface area (Å²) in [7, 11) is -4.02. The fourth-order valence-electron chi connectivity index (χ4n) is 3.20. The molecule has 1 N–H and O–H groups in total. The number of hydrogen-bond acceptors (Lipinski definition) is 6. The second kappa shape index (κ2) is 11.7. The summed E-state index contributed by atoms with van der Waals surface area (Å²) in [5.74, 6) is -1.15. The molecule has 0 saturated carbocycles. The number of sulfonamides is 1. The number of amides is 2. The number of halogens is 2. The Labute approximate surface area is 214 Å². The second-order valence-corrected chi connectivity index (χ2v) is 10.9. The summed E-state index contributed by atoms with van der Waals surface area (Å²) in [6.07, 6.45) is 0.883. The molecule has 2 rings (SSSR count). The highest BCUT2D eigenvalue weighted by Crippen LogP contribution is 2.26. The van der Waals surface area contributed by atoms with E-state index in [0.717, 1.165) is 16.6 Å². The van der Waals surface area contributed by atoms with Gasteiger partial charge in [0, 0.05) is 34.8 Å². The Morgan fingerprint density at radius 3 is 2.31 bits per heavy atom.